The van der Waals surface area contributed by atoms with Crippen LogP contribution in [0.25, 0.3) is 0 Å². The average molecular weight is 200 g/mol. The molecule has 1 atom stereocenters. The summed E-state index contributed by atoms with van der Waals surface area (Å²) in [5, 5.41) is 26.8. The number of carboxylic acid groups (broad SMARTS) is 1. The molecule has 1 rings (SSSR count). The summed E-state index contributed by atoms with van der Waals surface area (Å²) >= 11 is 0. The topological polar surface area (TPSA) is 77.8 Å². The lowest BCUT2D eigenvalue weighted by Crippen LogP contribution is -2.06. The van der Waals surface area contributed by atoms with Gasteiger partial charge in [-0.05, 0) is 6.07 Å². The number of aliphatic carboxylic acids is 1. The molecule has 0 bridgehead atoms. The monoisotopic (exact) mass is 200 g/mol. The molecule has 0 amide bonds. The summed E-state index contributed by atoms with van der Waals surface area (Å²) in [6.07, 6.45) is -1.97. The third kappa shape index (κ3) is 2.20. The highest BCUT2D eigenvalue weighted by atomic mass is 19.1. The highest BCUT2D eigenvalue weighted by Gasteiger charge is 2.17. The minimum atomic E-state index is -1.40. The van der Waals surface area contributed by atoms with Crippen molar-refractivity contribution in [2.75, 3.05) is 0 Å². The fourth-order valence-electron chi connectivity index (χ4n) is 1.08. The van der Waals surface area contributed by atoms with Gasteiger partial charge >= 0.3 is 5.97 Å². The second-order valence-electron chi connectivity index (χ2n) is 2.79. The first-order valence-corrected chi connectivity index (χ1v) is 3.89. The van der Waals surface area contributed by atoms with Crippen LogP contribution in [0, 0.1) is 5.82 Å². The van der Waals surface area contributed by atoms with E-state index < -0.39 is 30.1 Å². The molecule has 76 valence electrons. The molecule has 0 aromatic heterocycles. The largest absolute Gasteiger partial charge is 0.505 e. The van der Waals surface area contributed by atoms with Gasteiger partial charge < -0.3 is 15.3 Å². The number of aromatic hydroxyl groups is 1. The first-order valence-electron chi connectivity index (χ1n) is 3.89. The Kier molecular flexibility index (Phi) is 3.03. The molecule has 0 aliphatic heterocycles. The predicted molar refractivity (Wildman–Crippen MR) is 45.3 cm³/mol. The zero-order valence-corrected chi connectivity index (χ0v) is 7.14. The van der Waals surface area contributed by atoms with Gasteiger partial charge in [-0.15, -0.1) is 0 Å². The van der Waals surface area contributed by atoms with E-state index in [0.29, 0.717) is 0 Å². The summed E-state index contributed by atoms with van der Waals surface area (Å²) in [6.45, 7) is 0. The number of halogens is 1. The molecule has 1 aromatic rings. The lowest BCUT2D eigenvalue weighted by Gasteiger charge is -2.10. The Labute approximate surface area is 79.2 Å². The lowest BCUT2D eigenvalue weighted by atomic mass is 10.1. The number of hydrogen-bond acceptors (Lipinski definition) is 3. The van der Waals surface area contributed by atoms with Gasteiger partial charge in [-0.3, -0.25) is 4.79 Å². The van der Waals surface area contributed by atoms with Crippen molar-refractivity contribution >= 4 is 5.97 Å². The van der Waals surface area contributed by atoms with E-state index in [-0.39, 0.29) is 5.56 Å². The third-order valence-electron chi connectivity index (χ3n) is 1.74. The number of carbonyl (C=O) groups is 1. The maximum atomic E-state index is 12.8. The summed E-state index contributed by atoms with van der Waals surface area (Å²) in [4.78, 5) is 10.2. The Morgan fingerprint density at radius 2 is 2.14 bits per heavy atom. The number of rotatable bonds is 3. The van der Waals surface area contributed by atoms with Crippen molar-refractivity contribution in [3.8, 4) is 5.75 Å². The number of phenols is 1. The number of phenolic OH excluding ortho intramolecular Hbond substituents is 1. The van der Waals surface area contributed by atoms with Gasteiger partial charge in [-0.2, -0.15) is 0 Å². The molecule has 0 heterocycles. The van der Waals surface area contributed by atoms with Crippen LogP contribution in [0.3, 0.4) is 0 Å². The molecule has 0 aliphatic carbocycles. The highest BCUT2D eigenvalue weighted by Crippen LogP contribution is 2.28. The van der Waals surface area contributed by atoms with Gasteiger partial charge in [0, 0.05) is 5.56 Å². The van der Waals surface area contributed by atoms with E-state index in [1.165, 1.54) is 12.1 Å². The van der Waals surface area contributed by atoms with Gasteiger partial charge in [0.05, 0.1) is 12.5 Å². The standard InChI is InChI=1S/C9H9FO4/c10-6-3-1-2-5(9(6)14)7(11)4-8(12)13/h1-3,7,11,14H,4H2,(H,12,13). The van der Waals surface area contributed by atoms with Gasteiger partial charge in [0.15, 0.2) is 11.6 Å². The predicted octanol–water partition coefficient (Wildman–Crippen LogP) is 1.04. The Balaban J connectivity index is 2.95. The lowest BCUT2D eigenvalue weighted by molar-refractivity contribution is -0.139. The van der Waals surface area contributed by atoms with Crippen LogP contribution in [0.15, 0.2) is 18.2 Å². The normalized spacial score (nSPS) is 12.4. The summed E-state index contributed by atoms with van der Waals surface area (Å²) in [5.41, 5.74) is -0.118. The van der Waals surface area contributed by atoms with E-state index in [0.717, 1.165) is 6.07 Å². The summed E-state index contributed by atoms with van der Waals surface area (Å²) in [7, 11) is 0. The van der Waals surface area contributed by atoms with Crippen molar-refractivity contribution in [3.63, 3.8) is 0 Å². The van der Waals surface area contributed by atoms with E-state index >= 15 is 0 Å². The molecular formula is C9H9FO4. The van der Waals surface area contributed by atoms with Gasteiger partial charge in [-0.1, -0.05) is 12.1 Å². The van der Waals surface area contributed by atoms with Crippen LogP contribution >= 0.6 is 0 Å². The summed E-state index contributed by atoms with van der Waals surface area (Å²) in [5.74, 6) is -2.81. The average Bonchev–Trinajstić information content (AvgIpc) is 2.08. The minimum Gasteiger partial charge on any atom is -0.505 e. The van der Waals surface area contributed by atoms with Crippen LogP contribution in [-0.2, 0) is 4.79 Å². The SMILES string of the molecule is O=C(O)CC(O)c1cccc(F)c1O. The zero-order valence-electron chi connectivity index (χ0n) is 7.14. The molecule has 4 nitrogen and oxygen atoms in total. The quantitative estimate of drug-likeness (QED) is 0.681. The number of aliphatic hydroxyl groups is 1. The van der Waals surface area contributed by atoms with Crippen molar-refractivity contribution in [1.29, 1.82) is 0 Å². The fraction of sp³-hybridized carbons (Fsp3) is 0.222. The van der Waals surface area contributed by atoms with Crippen LogP contribution in [0.4, 0.5) is 4.39 Å². The van der Waals surface area contributed by atoms with Crippen molar-refractivity contribution in [2.24, 2.45) is 0 Å². The second kappa shape index (κ2) is 4.06. The maximum absolute atomic E-state index is 12.8. The molecule has 5 heteroatoms. The van der Waals surface area contributed by atoms with E-state index in [1.807, 2.05) is 0 Å². The molecule has 0 aliphatic rings. The zero-order chi connectivity index (χ0) is 10.7. The Hall–Kier alpha value is -1.62. The number of hydrogen-bond donors (Lipinski definition) is 3. The molecule has 0 radical (unpaired) electrons. The Morgan fingerprint density at radius 1 is 1.50 bits per heavy atom. The number of para-hydroxylation sites is 1. The highest BCUT2D eigenvalue weighted by molar-refractivity contribution is 5.67. The van der Waals surface area contributed by atoms with Crippen LogP contribution in [-0.4, -0.2) is 21.3 Å². The van der Waals surface area contributed by atoms with Crippen molar-refractivity contribution < 1.29 is 24.5 Å². The second-order valence-corrected chi connectivity index (χ2v) is 2.79. The fourth-order valence-corrected chi connectivity index (χ4v) is 1.08. The molecule has 3 N–H and O–H groups in total. The molecule has 14 heavy (non-hydrogen) atoms. The van der Waals surface area contributed by atoms with Crippen LogP contribution in [0.1, 0.15) is 18.1 Å². The Bertz CT molecular complexity index is 351. The van der Waals surface area contributed by atoms with Gasteiger partial charge in [0.25, 0.3) is 0 Å². The smallest absolute Gasteiger partial charge is 0.306 e. The van der Waals surface area contributed by atoms with Crippen molar-refractivity contribution in [1.82, 2.24) is 0 Å². The maximum Gasteiger partial charge on any atom is 0.306 e. The molecule has 0 fully saturated rings. The Morgan fingerprint density at radius 3 is 2.71 bits per heavy atom. The molecule has 1 aromatic carbocycles. The van der Waals surface area contributed by atoms with Crippen LogP contribution < -0.4 is 0 Å². The number of carboxylic acids is 1. The van der Waals surface area contributed by atoms with Gasteiger partial charge in [-0.25, -0.2) is 4.39 Å². The van der Waals surface area contributed by atoms with Crippen LogP contribution in [0.5, 0.6) is 5.75 Å². The first-order chi connectivity index (χ1) is 6.52. The number of aliphatic hydroxyl groups excluding tert-OH is 1. The van der Waals surface area contributed by atoms with E-state index in [1.54, 1.807) is 0 Å². The number of benzene rings is 1. The van der Waals surface area contributed by atoms with Crippen LogP contribution in [0.2, 0.25) is 0 Å². The first kappa shape index (κ1) is 10.5. The molecule has 0 saturated carbocycles. The van der Waals surface area contributed by atoms with Crippen molar-refractivity contribution in [3.05, 3.63) is 29.6 Å². The van der Waals surface area contributed by atoms with E-state index in [2.05, 4.69) is 0 Å². The van der Waals surface area contributed by atoms with Crippen molar-refractivity contribution in [2.45, 2.75) is 12.5 Å². The summed E-state index contributed by atoms with van der Waals surface area (Å²) < 4.78 is 12.8. The molecule has 0 saturated heterocycles. The van der Waals surface area contributed by atoms with Gasteiger partial charge in [0.1, 0.15) is 0 Å². The molecular weight excluding hydrogens is 191 g/mol. The van der Waals surface area contributed by atoms with E-state index in [9.17, 15) is 14.3 Å². The van der Waals surface area contributed by atoms with Gasteiger partial charge in [0.2, 0.25) is 0 Å². The summed E-state index contributed by atoms with van der Waals surface area (Å²) in [6, 6.07) is 3.58. The van der Waals surface area contributed by atoms with E-state index in [4.69, 9.17) is 10.2 Å². The third-order valence-corrected chi connectivity index (χ3v) is 1.74. The molecule has 0 spiro atoms. The molecule has 1 unspecified atom stereocenters. The minimum absolute atomic E-state index is 0.118.